The van der Waals surface area contributed by atoms with Gasteiger partial charge < -0.3 is 10.6 Å². The Morgan fingerprint density at radius 3 is 1.43 bits per heavy atom. The maximum atomic E-state index is 4.01. The van der Waals surface area contributed by atoms with E-state index in [4.69, 9.17) is 0 Å². The molecular formula is C28H44N2. The number of allylic oxidation sites excluding steroid dienone is 9. The van der Waals surface area contributed by atoms with Crippen LogP contribution in [-0.2, 0) is 0 Å². The SMILES string of the molecule is C=C/C(=C\C=C(/C=C)NC(C)(CC)CC)N/C(C=C)=C/C=C(\C=C)C(C)(CC)CC. The van der Waals surface area contributed by atoms with Gasteiger partial charge in [0.25, 0.3) is 0 Å². The largest absolute Gasteiger partial charge is 0.380 e. The Labute approximate surface area is 186 Å². The lowest BCUT2D eigenvalue weighted by Gasteiger charge is -2.30. The van der Waals surface area contributed by atoms with E-state index in [2.05, 4.69) is 84.6 Å². The molecule has 30 heavy (non-hydrogen) atoms. The van der Waals surface area contributed by atoms with E-state index in [1.165, 1.54) is 5.57 Å². The van der Waals surface area contributed by atoms with Crippen molar-refractivity contribution in [2.75, 3.05) is 0 Å². The molecule has 0 spiro atoms. The van der Waals surface area contributed by atoms with Gasteiger partial charge in [-0.2, -0.15) is 0 Å². The average molecular weight is 409 g/mol. The molecule has 0 aromatic rings. The molecule has 2 nitrogen and oxygen atoms in total. The number of hydrogen-bond donors (Lipinski definition) is 2. The molecule has 0 saturated carbocycles. The summed E-state index contributed by atoms with van der Waals surface area (Å²) >= 11 is 0. The molecule has 0 fully saturated rings. The van der Waals surface area contributed by atoms with Crippen LogP contribution in [0.5, 0.6) is 0 Å². The van der Waals surface area contributed by atoms with Crippen LogP contribution >= 0.6 is 0 Å². The van der Waals surface area contributed by atoms with Crippen molar-refractivity contribution >= 4 is 0 Å². The number of rotatable bonds is 15. The predicted molar refractivity (Wildman–Crippen MR) is 137 cm³/mol. The highest BCUT2D eigenvalue weighted by molar-refractivity contribution is 5.36. The summed E-state index contributed by atoms with van der Waals surface area (Å²) in [5, 5.41) is 6.98. The fraction of sp³-hybridized carbons (Fsp3) is 0.429. The van der Waals surface area contributed by atoms with Gasteiger partial charge in [0, 0.05) is 22.6 Å². The molecule has 0 radical (unpaired) electrons. The van der Waals surface area contributed by atoms with Gasteiger partial charge in [-0.3, -0.25) is 0 Å². The first-order valence-corrected chi connectivity index (χ1v) is 11.1. The van der Waals surface area contributed by atoms with E-state index in [9.17, 15) is 0 Å². The van der Waals surface area contributed by atoms with Gasteiger partial charge in [0.05, 0.1) is 0 Å². The van der Waals surface area contributed by atoms with Crippen molar-refractivity contribution in [1.82, 2.24) is 10.6 Å². The first-order valence-electron chi connectivity index (χ1n) is 11.1. The monoisotopic (exact) mass is 408 g/mol. The minimum Gasteiger partial charge on any atom is -0.380 e. The van der Waals surface area contributed by atoms with E-state index in [-0.39, 0.29) is 11.0 Å². The molecule has 0 saturated heterocycles. The fourth-order valence-electron chi connectivity index (χ4n) is 2.96. The second kappa shape index (κ2) is 13.7. The van der Waals surface area contributed by atoms with E-state index in [1.807, 2.05) is 36.5 Å². The Bertz CT molecular complexity index is 705. The lowest BCUT2D eigenvalue weighted by atomic mass is 9.77. The summed E-state index contributed by atoms with van der Waals surface area (Å²) in [6.07, 6.45) is 19.8. The molecule has 0 aliphatic rings. The second-order valence-corrected chi connectivity index (χ2v) is 8.09. The third-order valence-corrected chi connectivity index (χ3v) is 6.32. The molecule has 0 aliphatic carbocycles. The average Bonchev–Trinajstić information content (AvgIpc) is 2.79. The Balaban J connectivity index is 5.71. The van der Waals surface area contributed by atoms with Gasteiger partial charge in [-0.15, -0.1) is 0 Å². The molecular weight excluding hydrogens is 364 g/mol. The van der Waals surface area contributed by atoms with Crippen molar-refractivity contribution in [3.8, 4) is 0 Å². The summed E-state index contributed by atoms with van der Waals surface area (Å²) in [6.45, 7) is 29.2. The van der Waals surface area contributed by atoms with Crippen molar-refractivity contribution in [2.24, 2.45) is 5.41 Å². The van der Waals surface area contributed by atoms with Crippen LogP contribution in [0.25, 0.3) is 0 Å². The molecule has 0 heterocycles. The van der Waals surface area contributed by atoms with Crippen molar-refractivity contribution in [3.05, 3.63) is 97.6 Å². The molecule has 0 unspecified atom stereocenters. The molecule has 0 bridgehead atoms. The first kappa shape index (κ1) is 27.5. The maximum absolute atomic E-state index is 4.01. The highest BCUT2D eigenvalue weighted by Gasteiger charge is 2.22. The number of nitrogens with one attached hydrogen (secondary N) is 2. The van der Waals surface area contributed by atoms with Crippen LogP contribution in [0.3, 0.4) is 0 Å². The Morgan fingerprint density at radius 2 is 1.07 bits per heavy atom. The molecule has 0 atom stereocenters. The zero-order chi connectivity index (χ0) is 23.2. The topological polar surface area (TPSA) is 24.1 Å². The summed E-state index contributed by atoms with van der Waals surface area (Å²) in [5.74, 6) is 0. The Kier molecular flexibility index (Phi) is 12.6. The predicted octanol–water partition coefficient (Wildman–Crippen LogP) is 7.89. The zero-order valence-corrected chi connectivity index (χ0v) is 20.3. The van der Waals surface area contributed by atoms with Crippen LogP contribution in [0, 0.1) is 5.41 Å². The van der Waals surface area contributed by atoms with Crippen LogP contribution in [0.15, 0.2) is 97.6 Å². The minimum atomic E-state index is 0.0545. The van der Waals surface area contributed by atoms with Crippen molar-refractivity contribution in [1.29, 1.82) is 0 Å². The first-order chi connectivity index (χ1) is 14.2. The molecule has 2 heteroatoms. The standard InChI is InChI=1S/C28H44N2/c1-11-23(27(9,15-5)16-6)19-20-24(12-2)29-25(13-3)21-22-26(14-4)30-28(10,17-7)18-8/h11-14,19-22,29-30H,1-4,15-18H2,5-10H3/b23-19+,24-20+,25-21+,26-22+. The maximum Gasteiger partial charge on any atom is 0.0379 e. The Hall–Kier alpha value is -2.48. The van der Waals surface area contributed by atoms with Crippen LogP contribution < -0.4 is 10.6 Å². The van der Waals surface area contributed by atoms with E-state index in [0.29, 0.717) is 0 Å². The fourth-order valence-corrected chi connectivity index (χ4v) is 2.96. The summed E-state index contributed by atoms with van der Waals surface area (Å²) in [7, 11) is 0. The van der Waals surface area contributed by atoms with Gasteiger partial charge >= 0.3 is 0 Å². The van der Waals surface area contributed by atoms with Crippen molar-refractivity contribution in [3.63, 3.8) is 0 Å². The third kappa shape index (κ3) is 8.49. The van der Waals surface area contributed by atoms with E-state index in [0.717, 1.165) is 42.8 Å². The lowest BCUT2D eigenvalue weighted by molar-refractivity contribution is 0.367. The summed E-state index contributed by atoms with van der Waals surface area (Å²) < 4.78 is 0. The van der Waals surface area contributed by atoms with Gasteiger partial charge in [-0.1, -0.05) is 73.1 Å². The molecule has 0 aromatic carbocycles. The highest BCUT2D eigenvalue weighted by atomic mass is 15.0. The van der Waals surface area contributed by atoms with Gasteiger partial charge in [0.15, 0.2) is 0 Å². The molecule has 0 rings (SSSR count). The van der Waals surface area contributed by atoms with E-state index in [1.54, 1.807) is 6.08 Å². The molecule has 0 aromatic heterocycles. The van der Waals surface area contributed by atoms with Crippen LogP contribution in [0.2, 0.25) is 0 Å². The quantitative estimate of drug-likeness (QED) is 0.269. The van der Waals surface area contributed by atoms with Gasteiger partial charge in [-0.05, 0) is 80.1 Å². The van der Waals surface area contributed by atoms with Crippen LogP contribution in [0.1, 0.15) is 67.2 Å². The Morgan fingerprint density at radius 1 is 0.633 bits per heavy atom. The molecule has 0 amide bonds. The summed E-state index contributed by atoms with van der Waals surface area (Å²) in [4.78, 5) is 0. The lowest BCUT2D eigenvalue weighted by Crippen LogP contribution is -2.39. The second-order valence-electron chi connectivity index (χ2n) is 8.09. The molecule has 166 valence electrons. The van der Waals surface area contributed by atoms with Gasteiger partial charge in [0.2, 0.25) is 0 Å². The van der Waals surface area contributed by atoms with Gasteiger partial charge in [-0.25, -0.2) is 0 Å². The highest BCUT2D eigenvalue weighted by Crippen LogP contribution is 2.35. The third-order valence-electron chi connectivity index (χ3n) is 6.32. The number of hydrogen-bond acceptors (Lipinski definition) is 2. The van der Waals surface area contributed by atoms with Crippen molar-refractivity contribution in [2.45, 2.75) is 72.8 Å². The molecule has 0 aliphatic heterocycles. The molecule has 2 N–H and O–H groups in total. The summed E-state index contributed by atoms with van der Waals surface area (Å²) in [6, 6.07) is 0. The van der Waals surface area contributed by atoms with Crippen LogP contribution in [0.4, 0.5) is 0 Å². The normalized spacial score (nSPS) is 14.2. The van der Waals surface area contributed by atoms with Crippen LogP contribution in [-0.4, -0.2) is 5.54 Å². The summed E-state index contributed by atoms with van der Waals surface area (Å²) in [5.41, 5.74) is 4.19. The minimum absolute atomic E-state index is 0.0545. The van der Waals surface area contributed by atoms with E-state index < -0.39 is 0 Å². The zero-order valence-electron chi connectivity index (χ0n) is 20.3. The van der Waals surface area contributed by atoms with E-state index >= 15 is 0 Å². The smallest absolute Gasteiger partial charge is 0.0379 e. The van der Waals surface area contributed by atoms with Crippen molar-refractivity contribution < 1.29 is 0 Å². The van der Waals surface area contributed by atoms with Gasteiger partial charge in [0.1, 0.15) is 0 Å².